The van der Waals surface area contributed by atoms with Crippen molar-refractivity contribution in [2.24, 2.45) is 11.8 Å². The summed E-state index contributed by atoms with van der Waals surface area (Å²) >= 11 is 5.62. The molecular weight excluding hydrogens is 317 g/mol. The fourth-order valence-corrected chi connectivity index (χ4v) is 4.09. The Labute approximate surface area is 129 Å². The van der Waals surface area contributed by atoms with E-state index in [1.165, 1.54) is 6.07 Å². The van der Waals surface area contributed by atoms with Crippen LogP contribution in [-0.2, 0) is 10.0 Å². The summed E-state index contributed by atoms with van der Waals surface area (Å²) < 4.78 is 40.4. The summed E-state index contributed by atoms with van der Waals surface area (Å²) in [6, 6.07) is 3.48. The molecule has 0 aromatic heterocycles. The molecule has 0 saturated heterocycles. The van der Waals surface area contributed by atoms with Crippen molar-refractivity contribution in [2.75, 3.05) is 13.2 Å². The van der Waals surface area contributed by atoms with Crippen LogP contribution in [0, 0.1) is 17.7 Å². The molecule has 0 spiro atoms. The van der Waals surface area contributed by atoms with E-state index in [4.69, 9.17) is 11.6 Å². The van der Waals surface area contributed by atoms with Crippen molar-refractivity contribution in [3.63, 3.8) is 0 Å². The van der Waals surface area contributed by atoms with Crippen molar-refractivity contribution < 1.29 is 17.9 Å². The monoisotopic (exact) mass is 335 g/mol. The Bertz CT molecular complexity index is 594. The highest BCUT2D eigenvalue weighted by Crippen LogP contribution is 2.29. The second kappa shape index (κ2) is 7.05. The van der Waals surface area contributed by atoms with E-state index in [0.29, 0.717) is 0 Å². The summed E-state index contributed by atoms with van der Waals surface area (Å²) in [6.07, 6.45) is 3.85. The number of hydrogen-bond donors (Lipinski definition) is 2. The quantitative estimate of drug-likeness (QED) is 0.869. The summed E-state index contributed by atoms with van der Waals surface area (Å²) in [5.74, 6) is -0.664. The van der Waals surface area contributed by atoms with Gasteiger partial charge in [-0.15, -0.1) is 0 Å². The number of hydrogen-bond acceptors (Lipinski definition) is 3. The first kappa shape index (κ1) is 16.7. The topological polar surface area (TPSA) is 66.4 Å². The molecule has 4 nitrogen and oxygen atoms in total. The van der Waals surface area contributed by atoms with E-state index >= 15 is 0 Å². The molecule has 0 radical (unpaired) electrons. The van der Waals surface area contributed by atoms with Gasteiger partial charge in [0.15, 0.2) is 0 Å². The predicted octanol–water partition coefficient (Wildman–Crippen LogP) is 2.56. The molecule has 21 heavy (non-hydrogen) atoms. The second-order valence-corrected chi connectivity index (χ2v) is 7.59. The Balaban J connectivity index is 2.07. The number of nitrogens with one attached hydrogen (secondary N) is 1. The molecule has 1 aliphatic rings. The van der Waals surface area contributed by atoms with E-state index in [1.54, 1.807) is 0 Å². The predicted molar refractivity (Wildman–Crippen MR) is 79.1 cm³/mol. The van der Waals surface area contributed by atoms with Crippen LogP contribution in [0.2, 0.25) is 5.02 Å². The molecule has 1 aromatic carbocycles. The highest BCUT2D eigenvalue weighted by atomic mass is 35.5. The van der Waals surface area contributed by atoms with E-state index in [1.807, 2.05) is 0 Å². The normalized spacial score (nSPS) is 23.2. The Kier molecular flexibility index (Phi) is 5.60. The average molecular weight is 336 g/mol. The molecule has 2 unspecified atom stereocenters. The number of halogens is 2. The van der Waals surface area contributed by atoms with Gasteiger partial charge in [0.2, 0.25) is 10.0 Å². The number of aliphatic hydroxyl groups excluding tert-OH is 1. The van der Waals surface area contributed by atoms with Crippen molar-refractivity contribution in [3.05, 3.63) is 29.0 Å². The van der Waals surface area contributed by atoms with Gasteiger partial charge in [0.1, 0.15) is 10.7 Å². The van der Waals surface area contributed by atoms with E-state index in [0.717, 1.165) is 37.8 Å². The van der Waals surface area contributed by atoms with Crippen LogP contribution in [0.4, 0.5) is 4.39 Å². The molecule has 2 N–H and O–H groups in total. The molecular formula is C14H19ClFNO3S. The van der Waals surface area contributed by atoms with E-state index < -0.39 is 20.7 Å². The Morgan fingerprint density at radius 2 is 1.95 bits per heavy atom. The van der Waals surface area contributed by atoms with Crippen LogP contribution in [0.25, 0.3) is 0 Å². The van der Waals surface area contributed by atoms with Gasteiger partial charge in [-0.1, -0.05) is 24.4 Å². The fourth-order valence-electron chi connectivity index (χ4n) is 2.78. The Hall–Kier alpha value is -0.690. The number of sulfonamides is 1. The first-order valence-electron chi connectivity index (χ1n) is 6.99. The van der Waals surface area contributed by atoms with Gasteiger partial charge < -0.3 is 5.11 Å². The van der Waals surface area contributed by atoms with Gasteiger partial charge in [0, 0.05) is 18.2 Å². The summed E-state index contributed by atoms with van der Waals surface area (Å²) in [5, 5.41) is 9.48. The lowest BCUT2D eigenvalue weighted by Crippen LogP contribution is -2.35. The van der Waals surface area contributed by atoms with Crippen LogP contribution in [0.3, 0.4) is 0 Å². The smallest absolute Gasteiger partial charge is 0.243 e. The van der Waals surface area contributed by atoms with Gasteiger partial charge >= 0.3 is 0 Å². The van der Waals surface area contributed by atoms with Gasteiger partial charge in [-0.3, -0.25) is 0 Å². The van der Waals surface area contributed by atoms with Crippen molar-refractivity contribution >= 4 is 21.6 Å². The van der Waals surface area contributed by atoms with E-state index in [-0.39, 0.29) is 30.0 Å². The molecule has 0 aliphatic heterocycles. The first-order chi connectivity index (χ1) is 9.94. The molecule has 2 rings (SSSR count). The van der Waals surface area contributed by atoms with Crippen LogP contribution in [0.15, 0.2) is 23.1 Å². The van der Waals surface area contributed by atoms with Crippen LogP contribution in [-0.4, -0.2) is 26.7 Å². The highest BCUT2D eigenvalue weighted by molar-refractivity contribution is 7.89. The SMILES string of the molecule is O=S(=O)(NCC1CCCCC1CO)c1ccc(Cl)cc1F. The first-order valence-corrected chi connectivity index (χ1v) is 8.85. The minimum atomic E-state index is -3.90. The second-order valence-electron chi connectivity index (χ2n) is 5.41. The largest absolute Gasteiger partial charge is 0.396 e. The van der Waals surface area contributed by atoms with Crippen LogP contribution in [0.5, 0.6) is 0 Å². The number of aliphatic hydroxyl groups is 1. The zero-order valence-electron chi connectivity index (χ0n) is 11.6. The lowest BCUT2D eigenvalue weighted by molar-refractivity contribution is 0.136. The Morgan fingerprint density at radius 3 is 2.57 bits per heavy atom. The van der Waals surface area contributed by atoms with Crippen LogP contribution in [0.1, 0.15) is 25.7 Å². The van der Waals surface area contributed by atoms with Crippen molar-refractivity contribution in [2.45, 2.75) is 30.6 Å². The molecule has 2 atom stereocenters. The molecule has 7 heteroatoms. The summed E-state index contributed by atoms with van der Waals surface area (Å²) in [4.78, 5) is -0.400. The minimum absolute atomic E-state index is 0.0572. The lowest BCUT2D eigenvalue weighted by atomic mass is 9.80. The van der Waals surface area contributed by atoms with Crippen LogP contribution < -0.4 is 4.72 Å². The van der Waals surface area contributed by atoms with Gasteiger partial charge in [0.05, 0.1) is 0 Å². The molecule has 0 amide bonds. The number of rotatable bonds is 5. The third-order valence-electron chi connectivity index (χ3n) is 4.02. The maximum absolute atomic E-state index is 13.7. The maximum atomic E-state index is 13.7. The Morgan fingerprint density at radius 1 is 1.29 bits per heavy atom. The molecule has 1 aliphatic carbocycles. The maximum Gasteiger partial charge on any atom is 0.243 e. The van der Waals surface area contributed by atoms with Crippen molar-refractivity contribution in [1.82, 2.24) is 4.72 Å². The standard InChI is InChI=1S/C14H19ClFNO3S/c15-12-5-6-14(13(16)7-12)21(19,20)17-8-10-3-1-2-4-11(10)9-18/h5-7,10-11,17-18H,1-4,8-9H2. The number of benzene rings is 1. The summed E-state index contributed by atoms with van der Waals surface area (Å²) in [7, 11) is -3.90. The van der Waals surface area contributed by atoms with Gasteiger partial charge in [-0.25, -0.2) is 17.5 Å². The summed E-state index contributed by atoms with van der Waals surface area (Å²) in [5.41, 5.74) is 0. The lowest BCUT2D eigenvalue weighted by Gasteiger charge is -2.30. The third kappa shape index (κ3) is 4.16. The van der Waals surface area contributed by atoms with E-state index in [2.05, 4.69) is 4.72 Å². The molecule has 0 bridgehead atoms. The molecule has 0 heterocycles. The molecule has 1 saturated carbocycles. The average Bonchev–Trinajstić information content (AvgIpc) is 2.45. The zero-order valence-corrected chi connectivity index (χ0v) is 13.1. The highest BCUT2D eigenvalue weighted by Gasteiger charge is 2.27. The molecule has 1 aromatic rings. The van der Waals surface area contributed by atoms with Crippen molar-refractivity contribution in [1.29, 1.82) is 0 Å². The fraction of sp³-hybridized carbons (Fsp3) is 0.571. The van der Waals surface area contributed by atoms with Gasteiger partial charge in [-0.2, -0.15) is 0 Å². The molecule has 118 valence electrons. The van der Waals surface area contributed by atoms with Crippen molar-refractivity contribution in [3.8, 4) is 0 Å². The molecule has 1 fully saturated rings. The van der Waals surface area contributed by atoms with Crippen LogP contribution >= 0.6 is 11.6 Å². The zero-order chi connectivity index (χ0) is 15.5. The summed E-state index contributed by atoms with van der Waals surface area (Å²) in [6.45, 7) is 0.275. The van der Waals surface area contributed by atoms with Gasteiger partial charge in [0.25, 0.3) is 0 Å². The van der Waals surface area contributed by atoms with E-state index in [9.17, 15) is 17.9 Å². The third-order valence-corrected chi connectivity index (χ3v) is 5.71. The van der Waals surface area contributed by atoms with Gasteiger partial charge in [-0.05, 0) is 42.9 Å². The minimum Gasteiger partial charge on any atom is -0.396 e.